The molecule has 1 saturated heterocycles. The number of piperazine rings is 1. The molecular formula is C15H16N2O2S. The number of hydrogen-bond acceptors (Lipinski definition) is 4. The van der Waals surface area contributed by atoms with Gasteiger partial charge in [0.25, 0.3) is 0 Å². The maximum atomic E-state index is 12.3. The van der Waals surface area contributed by atoms with E-state index in [9.17, 15) is 9.59 Å². The van der Waals surface area contributed by atoms with E-state index in [1.54, 1.807) is 11.3 Å². The predicted octanol–water partition coefficient (Wildman–Crippen LogP) is 2.14. The van der Waals surface area contributed by atoms with E-state index in [-0.39, 0.29) is 24.4 Å². The SMILES string of the molecule is CCC1NCC(=O)N(Cc2csc3ccccc23)C1=O. The summed E-state index contributed by atoms with van der Waals surface area (Å²) in [6.45, 7) is 2.57. The Morgan fingerprint density at radius 2 is 2.15 bits per heavy atom. The third kappa shape index (κ3) is 2.23. The smallest absolute Gasteiger partial charge is 0.246 e. The number of hydrogen-bond donors (Lipinski definition) is 1. The Morgan fingerprint density at radius 1 is 1.35 bits per heavy atom. The average Bonchev–Trinajstić information content (AvgIpc) is 2.87. The maximum absolute atomic E-state index is 12.3. The Balaban J connectivity index is 1.89. The average molecular weight is 288 g/mol. The highest BCUT2D eigenvalue weighted by atomic mass is 32.1. The summed E-state index contributed by atoms with van der Waals surface area (Å²) in [5.41, 5.74) is 1.05. The second-order valence-electron chi connectivity index (χ2n) is 4.92. The van der Waals surface area contributed by atoms with Crippen molar-refractivity contribution in [3.05, 3.63) is 35.2 Å². The molecule has 1 atom stereocenters. The molecule has 3 rings (SSSR count). The highest BCUT2D eigenvalue weighted by Gasteiger charge is 2.33. The number of thiophene rings is 1. The van der Waals surface area contributed by atoms with E-state index in [1.165, 1.54) is 9.60 Å². The summed E-state index contributed by atoms with van der Waals surface area (Å²) < 4.78 is 1.18. The summed E-state index contributed by atoms with van der Waals surface area (Å²) >= 11 is 1.65. The van der Waals surface area contributed by atoms with Crippen LogP contribution in [0.25, 0.3) is 10.1 Å². The van der Waals surface area contributed by atoms with Crippen LogP contribution in [0.1, 0.15) is 18.9 Å². The summed E-state index contributed by atoms with van der Waals surface area (Å²) in [5, 5.41) is 6.14. The Labute approximate surface area is 121 Å². The molecule has 20 heavy (non-hydrogen) atoms. The summed E-state index contributed by atoms with van der Waals surface area (Å²) in [5.74, 6) is -0.256. The van der Waals surface area contributed by atoms with Crippen LogP contribution < -0.4 is 5.32 Å². The van der Waals surface area contributed by atoms with Gasteiger partial charge in [0, 0.05) is 4.70 Å². The van der Waals surface area contributed by atoms with Crippen LogP contribution in [-0.2, 0) is 16.1 Å². The molecule has 4 nitrogen and oxygen atoms in total. The normalized spacial score (nSPS) is 19.9. The molecular weight excluding hydrogens is 272 g/mol. The van der Waals surface area contributed by atoms with Gasteiger partial charge in [-0.2, -0.15) is 0 Å². The van der Waals surface area contributed by atoms with E-state index < -0.39 is 0 Å². The standard InChI is InChI=1S/C15H16N2O2S/c1-2-12-15(19)17(14(18)7-16-12)8-10-9-20-13-6-4-3-5-11(10)13/h3-6,9,12,16H,2,7-8H2,1H3. The molecule has 1 aliphatic heterocycles. The topological polar surface area (TPSA) is 49.4 Å². The highest BCUT2D eigenvalue weighted by Crippen LogP contribution is 2.27. The molecule has 2 aromatic rings. The molecule has 1 aromatic heterocycles. The molecule has 2 amide bonds. The van der Waals surface area contributed by atoms with Crippen molar-refractivity contribution >= 4 is 33.2 Å². The van der Waals surface area contributed by atoms with Crippen LogP contribution in [0, 0.1) is 0 Å². The van der Waals surface area contributed by atoms with Crippen LogP contribution in [0.3, 0.4) is 0 Å². The quantitative estimate of drug-likeness (QED) is 0.880. The van der Waals surface area contributed by atoms with Gasteiger partial charge in [0.05, 0.1) is 19.1 Å². The second kappa shape index (κ2) is 5.34. The number of fused-ring (bicyclic) bond motifs is 1. The number of nitrogens with one attached hydrogen (secondary N) is 1. The summed E-state index contributed by atoms with van der Waals surface area (Å²) in [6, 6.07) is 7.83. The van der Waals surface area contributed by atoms with E-state index in [0.717, 1.165) is 10.9 Å². The minimum atomic E-state index is -0.238. The lowest BCUT2D eigenvalue weighted by atomic mass is 10.1. The Hall–Kier alpha value is -1.72. The van der Waals surface area contributed by atoms with Crippen LogP contribution >= 0.6 is 11.3 Å². The van der Waals surface area contributed by atoms with Crippen LogP contribution in [0.15, 0.2) is 29.6 Å². The third-order valence-corrected chi connectivity index (χ3v) is 4.68. The van der Waals surface area contributed by atoms with E-state index >= 15 is 0 Å². The monoisotopic (exact) mass is 288 g/mol. The van der Waals surface area contributed by atoms with Gasteiger partial charge in [0.2, 0.25) is 11.8 Å². The first-order chi connectivity index (χ1) is 9.70. The third-order valence-electron chi connectivity index (χ3n) is 3.66. The molecule has 1 aromatic carbocycles. The van der Waals surface area contributed by atoms with Crippen molar-refractivity contribution in [1.82, 2.24) is 10.2 Å². The molecule has 5 heteroatoms. The Morgan fingerprint density at radius 3 is 2.95 bits per heavy atom. The van der Waals surface area contributed by atoms with E-state index in [2.05, 4.69) is 11.4 Å². The van der Waals surface area contributed by atoms with Gasteiger partial charge in [-0.15, -0.1) is 11.3 Å². The molecule has 0 aliphatic carbocycles. The molecule has 0 spiro atoms. The molecule has 0 bridgehead atoms. The number of imide groups is 1. The number of benzene rings is 1. The molecule has 0 saturated carbocycles. The molecule has 1 N–H and O–H groups in total. The lowest BCUT2D eigenvalue weighted by molar-refractivity contribution is -0.150. The van der Waals surface area contributed by atoms with Crippen molar-refractivity contribution in [2.45, 2.75) is 25.9 Å². The van der Waals surface area contributed by atoms with E-state index in [1.807, 2.05) is 30.5 Å². The molecule has 1 unspecified atom stereocenters. The summed E-state index contributed by atoms with van der Waals surface area (Å²) in [7, 11) is 0. The van der Waals surface area contributed by atoms with Crippen LogP contribution in [0.2, 0.25) is 0 Å². The minimum Gasteiger partial charge on any atom is -0.297 e. The fourth-order valence-electron chi connectivity index (χ4n) is 2.51. The first-order valence-electron chi connectivity index (χ1n) is 6.73. The second-order valence-corrected chi connectivity index (χ2v) is 5.83. The number of carbonyl (C=O) groups is 2. The van der Waals surface area contributed by atoms with Crippen molar-refractivity contribution in [2.75, 3.05) is 6.54 Å². The fourth-order valence-corrected chi connectivity index (χ4v) is 3.47. The van der Waals surface area contributed by atoms with Crippen molar-refractivity contribution in [3.8, 4) is 0 Å². The number of nitrogens with zero attached hydrogens (tertiary/aromatic N) is 1. The van der Waals surface area contributed by atoms with Gasteiger partial charge in [-0.25, -0.2) is 0 Å². The van der Waals surface area contributed by atoms with Crippen molar-refractivity contribution in [3.63, 3.8) is 0 Å². The zero-order chi connectivity index (χ0) is 14.1. The largest absolute Gasteiger partial charge is 0.297 e. The molecule has 0 radical (unpaired) electrons. The number of amides is 2. The summed E-state index contributed by atoms with van der Waals surface area (Å²) in [6.07, 6.45) is 0.701. The van der Waals surface area contributed by atoms with Gasteiger partial charge in [0.15, 0.2) is 0 Å². The molecule has 1 aliphatic rings. The molecule has 2 heterocycles. The lowest BCUT2D eigenvalue weighted by Gasteiger charge is -2.31. The van der Waals surface area contributed by atoms with Crippen molar-refractivity contribution < 1.29 is 9.59 Å². The zero-order valence-electron chi connectivity index (χ0n) is 11.3. The maximum Gasteiger partial charge on any atom is 0.246 e. The lowest BCUT2D eigenvalue weighted by Crippen LogP contribution is -2.57. The van der Waals surface area contributed by atoms with Crippen molar-refractivity contribution in [2.24, 2.45) is 0 Å². The highest BCUT2D eigenvalue weighted by molar-refractivity contribution is 7.17. The first kappa shape index (κ1) is 13.3. The Bertz CT molecular complexity index is 665. The van der Waals surface area contributed by atoms with Gasteiger partial charge in [-0.3, -0.25) is 19.8 Å². The number of carbonyl (C=O) groups excluding carboxylic acids is 2. The van der Waals surface area contributed by atoms with Gasteiger partial charge >= 0.3 is 0 Å². The first-order valence-corrected chi connectivity index (χ1v) is 7.61. The van der Waals surface area contributed by atoms with Gasteiger partial charge in [0.1, 0.15) is 0 Å². The van der Waals surface area contributed by atoms with E-state index in [4.69, 9.17) is 0 Å². The van der Waals surface area contributed by atoms with E-state index in [0.29, 0.717) is 13.0 Å². The van der Waals surface area contributed by atoms with Crippen LogP contribution in [0.4, 0.5) is 0 Å². The van der Waals surface area contributed by atoms with Crippen molar-refractivity contribution in [1.29, 1.82) is 0 Å². The van der Waals surface area contributed by atoms with Gasteiger partial charge in [-0.05, 0) is 28.8 Å². The summed E-state index contributed by atoms with van der Waals surface area (Å²) in [4.78, 5) is 25.6. The molecule has 1 fully saturated rings. The van der Waals surface area contributed by atoms with Crippen LogP contribution in [0.5, 0.6) is 0 Å². The number of rotatable bonds is 3. The predicted molar refractivity (Wildman–Crippen MR) is 79.5 cm³/mol. The zero-order valence-corrected chi connectivity index (χ0v) is 12.1. The molecule has 104 valence electrons. The van der Waals surface area contributed by atoms with Gasteiger partial charge in [-0.1, -0.05) is 25.1 Å². The van der Waals surface area contributed by atoms with Crippen LogP contribution in [-0.4, -0.2) is 29.3 Å². The van der Waals surface area contributed by atoms with Gasteiger partial charge < -0.3 is 0 Å². The Kier molecular flexibility index (Phi) is 3.54. The fraction of sp³-hybridized carbons (Fsp3) is 0.333. The minimum absolute atomic E-state index is 0.112.